The second-order valence-corrected chi connectivity index (χ2v) is 3.51. The average molecular weight is 158 g/mol. The van der Waals surface area contributed by atoms with Gasteiger partial charge in [-0.3, -0.25) is 0 Å². The molecule has 2 nitrogen and oxygen atoms in total. The lowest BCUT2D eigenvalue weighted by Crippen LogP contribution is -2.31. The number of hydrogen-bond donors (Lipinski definition) is 0. The molecule has 2 aliphatic rings. The summed E-state index contributed by atoms with van der Waals surface area (Å²) in [5, 5.41) is 2.06. The molecule has 2 unspecified atom stereocenters. The van der Waals surface area contributed by atoms with E-state index in [-0.39, 0.29) is 12.2 Å². The van der Waals surface area contributed by atoms with Gasteiger partial charge in [0, 0.05) is 11.2 Å². The van der Waals surface area contributed by atoms with Crippen molar-refractivity contribution >= 4 is 11.8 Å². The summed E-state index contributed by atoms with van der Waals surface area (Å²) in [6.45, 7) is 2.77. The quantitative estimate of drug-likeness (QED) is 0.530. The van der Waals surface area contributed by atoms with Gasteiger partial charge in [0.25, 0.3) is 0 Å². The van der Waals surface area contributed by atoms with Crippen LogP contribution in [-0.4, -0.2) is 24.6 Å². The molecule has 0 aromatic rings. The summed E-state index contributed by atoms with van der Waals surface area (Å²) in [6.07, 6.45) is 0.488. The van der Waals surface area contributed by atoms with E-state index in [1.807, 2.05) is 6.92 Å². The summed E-state index contributed by atoms with van der Waals surface area (Å²) in [6, 6.07) is 0. The van der Waals surface area contributed by atoms with Gasteiger partial charge in [-0.25, -0.2) is 0 Å². The average Bonchev–Trinajstić information content (AvgIpc) is 2.33. The van der Waals surface area contributed by atoms with Crippen molar-refractivity contribution in [3.05, 3.63) is 11.2 Å². The highest BCUT2D eigenvalue weighted by Gasteiger charge is 2.28. The van der Waals surface area contributed by atoms with Crippen LogP contribution in [0.15, 0.2) is 11.2 Å². The van der Waals surface area contributed by atoms with Gasteiger partial charge in [0.2, 0.25) is 0 Å². The van der Waals surface area contributed by atoms with E-state index in [9.17, 15) is 0 Å². The SMILES string of the molecule is CC1COC2CSC=C2O1. The van der Waals surface area contributed by atoms with Crippen molar-refractivity contribution in [1.29, 1.82) is 0 Å². The zero-order chi connectivity index (χ0) is 6.97. The van der Waals surface area contributed by atoms with Crippen molar-refractivity contribution in [3.8, 4) is 0 Å². The smallest absolute Gasteiger partial charge is 0.132 e. The Morgan fingerprint density at radius 3 is 3.50 bits per heavy atom. The van der Waals surface area contributed by atoms with E-state index in [0.29, 0.717) is 0 Å². The van der Waals surface area contributed by atoms with E-state index < -0.39 is 0 Å². The van der Waals surface area contributed by atoms with Crippen LogP contribution in [0.2, 0.25) is 0 Å². The van der Waals surface area contributed by atoms with Crippen LogP contribution >= 0.6 is 11.8 Å². The van der Waals surface area contributed by atoms with Gasteiger partial charge in [-0.2, -0.15) is 0 Å². The van der Waals surface area contributed by atoms with Crippen molar-refractivity contribution < 1.29 is 9.47 Å². The third-order valence-electron chi connectivity index (χ3n) is 1.63. The fourth-order valence-corrected chi connectivity index (χ4v) is 2.03. The largest absolute Gasteiger partial charge is 0.489 e. The minimum absolute atomic E-state index is 0.237. The lowest BCUT2D eigenvalue weighted by atomic mass is 10.3. The Kier molecular flexibility index (Phi) is 1.62. The Balaban J connectivity index is 2.07. The Morgan fingerprint density at radius 2 is 2.60 bits per heavy atom. The van der Waals surface area contributed by atoms with Gasteiger partial charge in [-0.15, -0.1) is 11.8 Å². The van der Waals surface area contributed by atoms with Crippen LogP contribution in [0.4, 0.5) is 0 Å². The van der Waals surface area contributed by atoms with E-state index in [4.69, 9.17) is 9.47 Å². The van der Waals surface area contributed by atoms with Crippen LogP contribution in [0.1, 0.15) is 6.92 Å². The summed E-state index contributed by atoms with van der Waals surface area (Å²) < 4.78 is 11.0. The highest BCUT2D eigenvalue weighted by Crippen LogP contribution is 2.29. The second-order valence-electron chi connectivity index (χ2n) is 2.60. The van der Waals surface area contributed by atoms with Gasteiger partial charge in [-0.05, 0) is 6.92 Å². The van der Waals surface area contributed by atoms with Gasteiger partial charge in [0.15, 0.2) is 0 Å². The molecule has 1 fully saturated rings. The molecule has 2 heterocycles. The first kappa shape index (κ1) is 6.55. The molecule has 0 bridgehead atoms. The molecule has 0 aromatic carbocycles. The van der Waals surface area contributed by atoms with E-state index in [0.717, 1.165) is 18.1 Å². The maximum absolute atomic E-state index is 5.53. The topological polar surface area (TPSA) is 18.5 Å². The summed E-state index contributed by atoms with van der Waals surface area (Å²) in [7, 11) is 0. The first-order valence-electron chi connectivity index (χ1n) is 3.46. The Hall–Kier alpha value is -0.150. The van der Waals surface area contributed by atoms with Crippen molar-refractivity contribution in [3.63, 3.8) is 0 Å². The zero-order valence-corrected chi connectivity index (χ0v) is 6.69. The second kappa shape index (κ2) is 2.47. The maximum Gasteiger partial charge on any atom is 0.132 e. The molecule has 0 saturated carbocycles. The van der Waals surface area contributed by atoms with Gasteiger partial charge in [0.1, 0.15) is 18.0 Å². The monoisotopic (exact) mass is 158 g/mol. The maximum atomic E-state index is 5.53. The Bertz CT molecular complexity index is 167. The van der Waals surface area contributed by atoms with E-state index in [1.54, 1.807) is 11.8 Å². The lowest BCUT2D eigenvalue weighted by Gasteiger charge is -2.26. The van der Waals surface area contributed by atoms with E-state index in [2.05, 4.69) is 5.41 Å². The van der Waals surface area contributed by atoms with Crippen LogP contribution in [-0.2, 0) is 9.47 Å². The lowest BCUT2D eigenvalue weighted by molar-refractivity contribution is -0.0701. The third-order valence-corrected chi connectivity index (χ3v) is 2.53. The normalized spacial score (nSPS) is 38.3. The molecule has 2 rings (SSSR count). The molecule has 0 N–H and O–H groups in total. The molecular formula is C7H10O2S. The highest BCUT2D eigenvalue weighted by molar-refractivity contribution is 8.02. The van der Waals surface area contributed by atoms with Gasteiger partial charge >= 0.3 is 0 Å². The molecule has 0 radical (unpaired) electrons. The number of rotatable bonds is 0. The van der Waals surface area contributed by atoms with Crippen molar-refractivity contribution in [2.45, 2.75) is 19.1 Å². The fourth-order valence-electron chi connectivity index (χ4n) is 1.13. The molecule has 2 aliphatic heterocycles. The molecule has 0 spiro atoms. The molecule has 3 heteroatoms. The third kappa shape index (κ3) is 1.04. The first-order valence-corrected chi connectivity index (χ1v) is 4.51. The van der Waals surface area contributed by atoms with Crippen molar-refractivity contribution in [2.75, 3.05) is 12.4 Å². The molecule has 2 atom stereocenters. The van der Waals surface area contributed by atoms with Crippen LogP contribution in [0.5, 0.6) is 0 Å². The zero-order valence-electron chi connectivity index (χ0n) is 5.87. The van der Waals surface area contributed by atoms with Crippen molar-refractivity contribution in [1.82, 2.24) is 0 Å². The number of thioether (sulfide) groups is 1. The van der Waals surface area contributed by atoms with Crippen LogP contribution < -0.4 is 0 Å². The van der Waals surface area contributed by atoms with E-state index in [1.165, 1.54) is 0 Å². The predicted molar refractivity (Wildman–Crippen MR) is 40.8 cm³/mol. The molecule has 1 saturated heterocycles. The summed E-state index contributed by atoms with van der Waals surface area (Å²) >= 11 is 1.77. The molecule has 10 heavy (non-hydrogen) atoms. The summed E-state index contributed by atoms with van der Waals surface area (Å²) in [4.78, 5) is 0. The molecule has 0 aromatic heterocycles. The predicted octanol–water partition coefficient (Wildman–Crippen LogP) is 1.38. The molecule has 0 amide bonds. The van der Waals surface area contributed by atoms with Gasteiger partial charge in [-0.1, -0.05) is 0 Å². The fraction of sp³-hybridized carbons (Fsp3) is 0.714. The molecule has 56 valence electrons. The highest BCUT2D eigenvalue weighted by atomic mass is 32.2. The van der Waals surface area contributed by atoms with Gasteiger partial charge in [0.05, 0.1) is 6.61 Å². The molecular weight excluding hydrogens is 148 g/mol. The number of fused-ring (bicyclic) bond motifs is 1. The summed E-state index contributed by atoms with van der Waals surface area (Å²) in [5.41, 5.74) is 0. The summed E-state index contributed by atoms with van der Waals surface area (Å²) in [5.74, 6) is 2.06. The molecule has 0 aliphatic carbocycles. The van der Waals surface area contributed by atoms with Crippen LogP contribution in [0.25, 0.3) is 0 Å². The minimum atomic E-state index is 0.237. The van der Waals surface area contributed by atoms with E-state index >= 15 is 0 Å². The van der Waals surface area contributed by atoms with Crippen LogP contribution in [0, 0.1) is 0 Å². The number of ether oxygens (including phenoxy) is 2. The number of hydrogen-bond acceptors (Lipinski definition) is 3. The first-order chi connectivity index (χ1) is 4.86. The minimum Gasteiger partial charge on any atom is -0.489 e. The Labute approximate surface area is 64.6 Å². The van der Waals surface area contributed by atoms with Gasteiger partial charge < -0.3 is 9.47 Å². The standard InChI is InChI=1S/C7H10O2S/c1-5-2-8-6-3-10-4-7(6)9-5/h4-6H,2-3H2,1H3. The van der Waals surface area contributed by atoms with Crippen LogP contribution in [0.3, 0.4) is 0 Å². The Morgan fingerprint density at radius 1 is 1.70 bits per heavy atom. The van der Waals surface area contributed by atoms with Crippen molar-refractivity contribution in [2.24, 2.45) is 0 Å².